The molecule has 0 unspecified atom stereocenters. The number of aromatic nitrogens is 2. The third-order valence-electron chi connectivity index (χ3n) is 4.01. The number of fused-ring (bicyclic) bond motifs is 2. The van der Waals surface area contributed by atoms with Crippen LogP contribution in [-0.2, 0) is 13.0 Å². The number of nitrogens with one attached hydrogen (secondary N) is 1. The van der Waals surface area contributed by atoms with Crippen molar-refractivity contribution in [2.45, 2.75) is 13.0 Å². The Morgan fingerprint density at radius 1 is 1.09 bits per heavy atom. The molecule has 0 saturated heterocycles. The highest BCUT2D eigenvalue weighted by Crippen LogP contribution is 2.24. The fourth-order valence-corrected chi connectivity index (χ4v) is 2.81. The molecule has 0 bridgehead atoms. The minimum Gasteiger partial charge on any atom is -0.389 e. The number of carbonyl (C=O) groups excluding carboxylic acids is 1. The molecule has 1 aliphatic rings. The van der Waals surface area contributed by atoms with Crippen LogP contribution < -0.4 is 4.74 Å². The lowest BCUT2D eigenvalue weighted by Crippen LogP contribution is -2.37. The van der Waals surface area contributed by atoms with Gasteiger partial charge in [-0.15, -0.1) is 5.10 Å². The smallest absolute Gasteiger partial charge is 0.389 e. The number of benzene rings is 2. The third kappa shape index (κ3) is 2.20. The molecule has 22 heavy (non-hydrogen) atoms. The molecule has 0 spiro atoms. The van der Waals surface area contributed by atoms with Crippen molar-refractivity contribution < 1.29 is 9.53 Å². The van der Waals surface area contributed by atoms with E-state index >= 15 is 0 Å². The predicted octanol–water partition coefficient (Wildman–Crippen LogP) is 3.12. The van der Waals surface area contributed by atoms with Gasteiger partial charge < -0.3 is 9.64 Å². The maximum Gasteiger partial charge on any atom is 0.416 e. The molecule has 0 atom stereocenters. The van der Waals surface area contributed by atoms with Crippen molar-refractivity contribution in [3.05, 3.63) is 59.7 Å². The second kappa shape index (κ2) is 5.18. The molecule has 0 radical (unpaired) electrons. The summed E-state index contributed by atoms with van der Waals surface area (Å²) in [5.41, 5.74) is 3.34. The first-order valence-corrected chi connectivity index (χ1v) is 7.28. The molecule has 4 rings (SSSR count). The van der Waals surface area contributed by atoms with Crippen molar-refractivity contribution in [2.75, 3.05) is 6.54 Å². The molecule has 3 aromatic rings. The van der Waals surface area contributed by atoms with Gasteiger partial charge in [0, 0.05) is 13.1 Å². The molecule has 2 heterocycles. The molecule has 1 amide bonds. The van der Waals surface area contributed by atoms with Crippen LogP contribution >= 0.6 is 0 Å². The summed E-state index contributed by atoms with van der Waals surface area (Å²) >= 11 is 0. The number of hydrogen-bond acceptors (Lipinski definition) is 3. The van der Waals surface area contributed by atoms with E-state index in [9.17, 15) is 4.79 Å². The van der Waals surface area contributed by atoms with Crippen LogP contribution in [0.1, 0.15) is 11.1 Å². The van der Waals surface area contributed by atoms with Crippen LogP contribution in [0, 0.1) is 0 Å². The van der Waals surface area contributed by atoms with Crippen LogP contribution in [0.2, 0.25) is 0 Å². The summed E-state index contributed by atoms with van der Waals surface area (Å²) in [4.78, 5) is 14.1. The van der Waals surface area contributed by atoms with Crippen molar-refractivity contribution in [3.8, 4) is 5.88 Å². The Morgan fingerprint density at radius 3 is 2.77 bits per heavy atom. The van der Waals surface area contributed by atoms with Crippen molar-refractivity contribution in [1.82, 2.24) is 15.1 Å². The Hall–Kier alpha value is -2.82. The van der Waals surface area contributed by atoms with Gasteiger partial charge in [0.1, 0.15) is 0 Å². The van der Waals surface area contributed by atoms with E-state index in [1.807, 2.05) is 36.4 Å². The van der Waals surface area contributed by atoms with Gasteiger partial charge >= 0.3 is 6.09 Å². The Morgan fingerprint density at radius 2 is 1.86 bits per heavy atom. The average Bonchev–Trinajstić information content (AvgIpc) is 2.97. The minimum absolute atomic E-state index is 0.333. The first-order chi connectivity index (χ1) is 10.8. The molecule has 5 heteroatoms. The van der Waals surface area contributed by atoms with Gasteiger partial charge in [0.05, 0.1) is 10.9 Å². The fraction of sp³-hybridized carbons (Fsp3) is 0.176. The third-order valence-corrected chi connectivity index (χ3v) is 4.01. The van der Waals surface area contributed by atoms with Crippen LogP contribution in [0.3, 0.4) is 0 Å². The maximum atomic E-state index is 12.4. The Bertz CT molecular complexity index is 841. The predicted molar refractivity (Wildman–Crippen MR) is 82.7 cm³/mol. The Balaban J connectivity index is 1.54. The lowest BCUT2D eigenvalue weighted by atomic mass is 10.0. The summed E-state index contributed by atoms with van der Waals surface area (Å²) < 4.78 is 5.47. The first kappa shape index (κ1) is 12.9. The number of aromatic amines is 1. The molecular weight excluding hydrogens is 278 g/mol. The number of nitrogens with zero attached hydrogens (tertiary/aromatic N) is 2. The van der Waals surface area contributed by atoms with E-state index in [1.165, 1.54) is 11.1 Å². The fourth-order valence-electron chi connectivity index (χ4n) is 2.81. The van der Waals surface area contributed by atoms with Gasteiger partial charge in [-0.1, -0.05) is 36.4 Å². The molecule has 2 aromatic carbocycles. The van der Waals surface area contributed by atoms with Crippen LogP contribution in [0.25, 0.3) is 10.9 Å². The van der Waals surface area contributed by atoms with Crippen LogP contribution in [-0.4, -0.2) is 27.7 Å². The molecule has 110 valence electrons. The highest BCUT2D eigenvalue weighted by molar-refractivity contribution is 5.86. The van der Waals surface area contributed by atoms with Gasteiger partial charge in [0.15, 0.2) is 0 Å². The number of amides is 1. The van der Waals surface area contributed by atoms with E-state index in [0.717, 1.165) is 17.3 Å². The van der Waals surface area contributed by atoms with E-state index in [-0.39, 0.29) is 6.09 Å². The van der Waals surface area contributed by atoms with E-state index in [4.69, 9.17) is 4.74 Å². The van der Waals surface area contributed by atoms with E-state index in [1.54, 1.807) is 4.90 Å². The molecular formula is C17H15N3O2. The number of hydrogen-bond donors (Lipinski definition) is 1. The zero-order chi connectivity index (χ0) is 14.9. The summed E-state index contributed by atoms with van der Waals surface area (Å²) in [6.07, 6.45) is 0.499. The van der Waals surface area contributed by atoms with Crippen molar-refractivity contribution >= 4 is 17.0 Å². The number of H-pyrrole nitrogens is 1. The van der Waals surface area contributed by atoms with E-state index < -0.39 is 0 Å². The van der Waals surface area contributed by atoms with E-state index in [2.05, 4.69) is 22.3 Å². The number of carbonyl (C=O) groups is 1. The largest absolute Gasteiger partial charge is 0.416 e. The molecule has 5 nitrogen and oxygen atoms in total. The SMILES string of the molecule is O=C(Oc1n[nH]c2ccccc12)N1CCc2ccccc2C1. The standard InChI is InChI=1S/C17H15N3O2/c21-17(20-10-9-12-5-1-2-6-13(12)11-20)22-16-14-7-3-4-8-15(14)18-19-16/h1-8H,9-11H2,(H,18,19). The molecule has 1 aliphatic heterocycles. The normalized spacial score (nSPS) is 13.9. The summed E-state index contributed by atoms with van der Waals surface area (Å²) in [7, 11) is 0. The zero-order valence-corrected chi connectivity index (χ0v) is 12.0. The Kier molecular flexibility index (Phi) is 3.04. The summed E-state index contributed by atoms with van der Waals surface area (Å²) in [6.45, 7) is 1.25. The van der Waals surface area contributed by atoms with Gasteiger partial charge in [-0.3, -0.25) is 5.10 Å². The summed E-state index contributed by atoms with van der Waals surface area (Å²) in [6, 6.07) is 15.8. The van der Waals surface area contributed by atoms with Gasteiger partial charge in [-0.25, -0.2) is 4.79 Å². The maximum absolute atomic E-state index is 12.4. The molecule has 1 N–H and O–H groups in total. The average molecular weight is 293 g/mol. The van der Waals surface area contributed by atoms with Crippen molar-refractivity contribution in [2.24, 2.45) is 0 Å². The van der Waals surface area contributed by atoms with E-state index in [0.29, 0.717) is 19.0 Å². The van der Waals surface area contributed by atoms with Crippen LogP contribution in [0.5, 0.6) is 5.88 Å². The molecule has 0 fully saturated rings. The number of para-hydroxylation sites is 1. The topological polar surface area (TPSA) is 58.2 Å². The zero-order valence-electron chi connectivity index (χ0n) is 12.0. The van der Waals surface area contributed by atoms with Gasteiger partial charge in [-0.05, 0) is 29.7 Å². The monoisotopic (exact) mass is 293 g/mol. The minimum atomic E-state index is -0.355. The first-order valence-electron chi connectivity index (χ1n) is 7.28. The van der Waals surface area contributed by atoms with Gasteiger partial charge in [0.25, 0.3) is 5.88 Å². The lowest BCUT2D eigenvalue weighted by molar-refractivity contribution is 0.145. The molecule has 0 aliphatic carbocycles. The second-order valence-electron chi connectivity index (χ2n) is 5.38. The van der Waals surface area contributed by atoms with Crippen molar-refractivity contribution in [1.29, 1.82) is 0 Å². The quantitative estimate of drug-likeness (QED) is 0.750. The summed E-state index contributed by atoms with van der Waals surface area (Å²) in [5.74, 6) is 0.333. The number of rotatable bonds is 1. The lowest BCUT2D eigenvalue weighted by Gasteiger charge is -2.27. The second-order valence-corrected chi connectivity index (χ2v) is 5.38. The highest BCUT2D eigenvalue weighted by atomic mass is 16.6. The van der Waals surface area contributed by atoms with Crippen LogP contribution in [0.4, 0.5) is 4.79 Å². The molecule has 0 saturated carbocycles. The summed E-state index contributed by atoms with van der Waals surface area (Å²) in [5, 5.41) is 7.76. The van der Waals surface area contributed by atoms with Crippen LogP contribution in [0.15, 0.2) is 48.5 Å². The highest BCUT2D eigenvalue weighted by Gasteiger charge is 2.23. The van der Waals surface area contributed by atoms with Gasteiger partial charge in [-0.2, -0.15) is 0 Å². The number of ether oxygens (including phenoxy) is 1. The molecule has 1 aromatic heterocycles. The van der Waals surface area contributed by atoms with Crippen molar-refractivity contribution in [3.63, 3.8) is 0 Å². The Labute approximate surface area is 127 Å². The van der Waals surface area contributed by atoms with Gasteiger partial charge in [0.2, 0.25) is 0 Å².